The van der Waals surface area contributed by atoms with Crippen molar-refractivity contribution in [1.82, 2.24) is 14.3 Å². The van der Waals surface area contributed by atoms with Crippen LogP contribution in [0.25, 0.3) is 0 Å². The lowest BCUT2D eigenvalue weighted by atomic mass is 10.1. The minimum absolute atomic E-state index is 0.140. The zero-order valence-corrected chi connectivity index (χ0v) is 10.9. The number of rotatable bonds is 6. The Morgan fingerprint density at radius 3 is 2.83 bits per heavy atom. The monoisotopic (exact) mass is 279 g/mol. The molecule has 0 aromatic rings. The van der Waals surface area contributed by atoms with E-state index in [1.165, 1.54) is 7.05 Å². The van der Waals surface area contributed by atoms with Gasteiger partial charge in [-0.25, -0.2) is 0 Å². The average Bonchev–Trinajstić information content (AvgIpc) is 2.28. The van der Waals surface area contributed by atoms with Crippen molar-refractivity contribution in [1.29, 1.82) is 0 Å². The first-order chi connectivity index (χ1) is 8.33. The van der Waals surface area contributed by atoms with Gasteiger partial charge in [-0.15, -0.1) is 0 Å². The molecule has 3 N–H and O–H groups in total. The third-order valence-corrected chi connectivity index (χ3v) is 4.21. The van der Waals surface area contributed by atoms with E-state index in [9.17, 15) is 18.0 Å². The first-order valence-corrected chi connectivity index (χ1v) is 7.00. The molecule has 1 unspecified atom stereocenters. The molecule has 0 saturated carbocycles. The largest absolute Gasteiger partial charge is 0.481 e. The molecule has 9 heteroatoms. The van der Waals surface area contributed by atoms with Crippen molar-refractivity contribution in [2.24, 2.45) is 0 Å². The number of aliphatic carboxylic acids is 1. The summed E-state index contributed by atoms with van der Waals surface area (Å²) in [6.07, 6.45) is 0.865. The lowest BCUT2D eigenvalue weighted by Crippen LogP contribution is -2.53. The van der Waals surface area contributed by atoms with Crippen LogP contribution < -0.4 is 10.0 Å². The molecule has 0 aromatic heterocycles. The van der Waals surface area contributed by atoms with E-state index in [0.717, 1.165) is 4.31 Å². The highest BCUT2D eigenvalue weighted by molar-refractivity contribution is 7.87. The highest BCUT2D eigenvalue weighted by atomic mass is 32.2. The highest BCUT2D eigenvalue weighted by Crippen LogP contribution is 2.06. The van der Waals surface area contributed by atoms with Crippen LogP contribution in [0.5, 0.6) is 0 Å². The van der Waals surface area contributed by atoms with Crippen molar-refractivity contribution >= 4 is 22.1 Å². The maximum Gasteiger partial charge on any atom is 0.304 e. The Hall–Kier alpha value is -1.19. The number of carboxylic acid groups (broad SMARTS) is 1. The molecule has 1 aliphatic rings. The molecule has 1 heterocycles. The van der Waals surface area contributed by atoms with E-state index in [0.29, 0.717) is 19.4 Å². The molecular weight excluding hydrogens is 262 g/mol. The number of hydrogen-bond acceptors (Lipinski definition) is 4. The van der Waals surface area contributed by atoms with Gasteiger partial charge in [-0.1, -0.05) is 0 Å². The van der Waals surface area contributed by atoms with Crippen molar-refractivity contribution in [2.75, 3.05) is 20.1 Å². The number of hydrogen-bond donors (Lipinski definition) is 3. The Morgan fingerprint density at radius 1 is 1.61 bits per heavy atom. The van der Waals surface area contributed by atoms with Crippen LogP contribution in [0.4, 0.5) is 0 Å². The minimum Gasteiger partial charge on any atom is -0.481 e. The highest BCUT2D eigenvalue weighted by Gasteiger charge is 2.28. The van der Waals surface area contributed by atoms with E-state index in [1.54, 1.807) is 0 Å². The molecule has 1 atom stereocenters. The third kappa shape index (κ3) is 4.24. The number of carbonyl (C=O) groups excluding carboxylic acids is 1. The predicted molar refractivity (Wildman–Crippen MR) is 63.0 cm³/mol. The lowest BCUT2D eigenvalue weighted by Gasteiger charge is -2.25. The Kier molecular flexibility index (Phi) is 5.05. The maximum atomic E-state index is 11.8. The second-order valence-corrected chi connectivity index (χ2v) is 5.88. The van der Waals surface area contributed by atoms with Crippen LogP contribution in [0.2, 0.25) is 0 Å². The van der Waals surface area contributed by atoms with Gasteiger partial charge in [-0.2, -0.15) is 17.4 Å². The lowest BCUT2D eigenvalue weighted by molar-refractivity contribution is -0.137. The van der Waals surface area contributed by atoms with Crippen LogP contribution in [0, 0.1) is 0 Å². The molecule has 8 nitrogen and oxygen atoms in total. The van der Waals surface area contributed by atoms with Gasteiger partial charge in [0.25, 0.3) is 10.2 Å². The number of piperidine rings is 1. The summed E-state index contributed by atoms with van der Waals surface area (Å²) < 4.78 is 26.8. The summed E-state index contributed by atoms with van der Waals surface area (Å²) in [5.41, 5.74) is 0. The van der Waals surface area contributed by atoms with E-state index in [-0.39, 0.29) is 18.9 Å². The quantitative estimate of drug-likeness (QED) is 0.547. The van der Waals surface area contributed by atoms with Gasteiger partial charge in [0.05, 0.1) is 6.42 Å². The smallest absolute Gasteiger partial charge is 0.304 e. The van der Waals surface area contributed by atoms with Crippen LogP contribution in [0.1, 0.15) is 19.3 Å². The van der Waals surface area contributed by atoms with Crippen LogP contribution in [-0.2, 0) is 19.8 Å². The summed E-state index contributed by atoms with van der Waals surface area (Å²) in [5, 5.41) is 11.1. The second-order valence-electron chi connectivity index (χ2n) is 4.07. The molecule has 0 radical (unpaired) electrons. The summed E-state index contributed by atoms with van der Waals surface area (Å²) in [7, 11) is -2.56. The summed E-state index contributed by atoms with van der Waals surface area (Å²) in [4.78, 5) is 21.8. The SMILES string of the molecule is CN(CCC(=O)O)S(=O)(=O)NC1CCCNC1=O. The van der Waals surface area contributed by atoms with Crippen LogP contribution in [-0.4, -0.2) is 55.9 Å². The van der Waals surface area contributed by atoms with E-state index in [2.05, 4.69) is 10.0 Å². The van der Waals surface area contributed by atoms with E-state index >= 15 is 0 Å². The predicted octanol–water partition coefficient (Wildman–Crippen LogP) is -1.49. The summed E-state index contributed by atoms with van der Waals surface area (Å²) in [6, 6.07) is -0.781. The summed E-state index contributed by atoms with van der Waals surface area (Å²) in [6.45, 7) is 0.408. The fourth-order valence-corrected chi connectivity index (χ4v) is 2.62. The Bertz CT molecular complexity index is 422. The third-order valence-electron chi connectivity index (χ3n) is 2.63. The fraction of sp³-hybridized carbons (Fsp3) is 0.778. The first-order valence-electron chi connectivity index (χ1n) is 5.56. The Morgan fingerprint density at radius 2 is 2.28 bits per heavy atom. The molecule has 18 heavy (non-hydrogen) atoms. The molecule has 1 fully saturated rings. The minimum atomic E-state index is -3.83. The van der Waals surface area contributed by atoms with Gasteiger partial charge in [0.1, 0.15) is 6.04 Å². The van der Waals surface area contributed by atoms with Gasteiger partial charge >= 0.3 is 5.97 Å². The zero-order valence-electron chi connectivity index (χ0n) is 10.0. The van der Waals surface area contributed by atoms with Gasteiger partial charge in [0, 0.05) is 20.1 Å². The van der Waals surface area contributed by atoms with Crippen molar-refractivity contribution < 1.29 is 23.1 Å². The molecule has 0 aliphatic carbocycles. The van der Waals surface area contributed by atoms with Gasteiger partial charge < -0.3 is 10.4 Å². The van der Waals surface area contributed by atoms with Gasteiger partial charge in [-0.05, 0) is 12.8 Å². The van der Waals surface area contributed by atoms with E-state index in [1.807, 2.05) is 0 Å². The number of nitrogens with zero attached hydrogens (tertiary/aromatic N) is 1. The Labute approximate surface area is 106 Å². The molecule has 1 rings (SSSR count). The summed E-state index contributed by atoms with van der Waals surface area (Å²) in [5.74, 6) is -1.43. The van der Waals surface area contributed by atoms with Crippen molar-refractivity contribution in [3.8, 4) is 0 Å². The van der Waals surface area contributed by atoms with E-state index < -0.39 is 22.2 Å². The second kappa shape index (κ2) is 6.12. The van der Waals surface area contributed by atoms with Crippen molar-refractivity contribution in [3.05, 3.63) is 0 Å². The van der Waals surface area contributed by atoms with Crippen molar-refractivity contribution in [2.45, 2.75) is 25.3 Å². The molecule has 1 saturated heterocycles. The maximum absolute atomic E-state index is 11.8. The fourth-order valence-electron chi connectivity index (χ4n) is 1.53. The van der Waals surface area contributed by atoms with Gasteiger partial charge in [-0.3, -0.25) is 9.59 Å². The number of carbonyl (C=O) groups is 2. The topological polar surface area (TPSA) is 116 Å². The van der Waals surface area contributed by atoms with Gasteiger partial charge in [0.2, 0.25) is 5.91 Å². The molecule has 0 bridgehead atoms. The zero-order chi connectivity index (χ0) is 13.8. The van der Waals surface area contributed by atoms with Crippen LogP contribution >= 0.6 is 0 Å². The van der Waals surface area contributed by atoms with Crippen molar-refractivity contribution in [3.63, 3.8) is 0 Å². The molecule has 0 spiro atoms. The molecule has 0 aromatic carbocycles. The standard InChI is InChI=1S/C9H17N3O5S/c1-12(6-4-8(13)14)18(16,17)11-7-3-2-5-10-9(7)15/h7,11H,2-6H2,1H3,(H,10,15)(H,13,14). The normalized spacial score (nSPS) is 20.8. The van der Waals surface area contributed by atoms with Crippen LogP contribution in [0.15, 0.2) is 0 Å². The molecule has 104 valence electrons. The average molecular weight is 279 g/mol. The number of amides is 1. The summed E-state index contributed by atoms with van der Waals surface area (Å²) >= 11 is 0. The number of nitrogens with one attached hydrogen (secondary N) is 2. The molecule has 1 amide bonds. The van der Waals surface area contributed by atoms with E-state index in [4.69, 9.17) is 5.11 Å². The molecule has 1 aliphatic heterocycles. The van der Waals surface area contributed by atoms with Gasteiger partial charge in [0.15, 0.2) is 0 Å². The first kappa shape index (κ1) is 14.9. The number of carboxylic acids is 1. The van der Waals surface area contributed by atoms with Crippen LogP contribution in [0.3, 0.4) is 0 Å². The Balaban J connectivity index is 2.57. The molecular formula is C9H17N3O5S.